The average Bonchev–Trinajstić information content (AvgIpc) is 3.35. The third kappa shape index (κ3) is 3.47. The van der Waals surface area contributed by atoms with Crippen molar-refractivity contribution in [2.45, 2.75) is 13.3 Å². The van der Waals surface area contributed by atoms with Crippen LogP contribution in [0.1, 0.15) is 12.7 Å². The highest BCUT2D eigenvalue weighted by atomic mass is 15.2. The molecule has 0 fully saturated rings. The predicted octanol–water partition coefficient (Wildman–Crippen LogP) is 8.67. The number of aryl methyl sites for hydroxylation is 1. The van der Waals surface area contributed by atoms with Crippen molar-refractivity contribution < 1.29 is 0 Å². The third-order valence-corrected chi connectivity index (χ3v) is 7.44. The fraction of sp³-hybridized carbons (Fsp3) is 0.0882. The lowest BCUT2D eigenvalue weighted by atomic mass is 9.93. The summed E-state index contributed by atoms with van der Waals surface area (Å²) in [7, 11) is 2.16. The first kappa shape index (κ1) is 21.6. The van der Waals surface area contributed by atoms with Crippen LogP contribution in [0.15, 0.2) is 115 Å². The first-order chi connectivity index (χ1) is 18.2. The summed E-state index contributed by atoms with van der Waals surface area (Å²) in [6, 6.07) is 41.4. The maximum absolute atomic E-state index is 5.12. The number of imidazole rings is 1. The highest BCUT2D eigenvalue weighted by Gasteiger charge is 2.26. The van der Waals surface area contributed by atoms with Crippen LogP contribution < -0.4 is 4.90 Å². The summed E-state index contributed by atoms with van der Waals surface area (Å²) >= 11 is 0. The van der Waals surface area contributed by atoms with Crippen LogP contribution in [-0.2, 0) is 6.42 Å². The second kappa shape index (κ2) is 8.49. The zero-order chi connectivity index (χ0) is 24.9. The highest BCUT2D eigenvalue weighted by Crippen LogP contribution is 2.44. The summed E-state index contributed by atoms with van der Waals surface area (Å²) in [5.74, 6) is 1.09. The number of hydrogen-bond acceptors (Lipinski definition) is 2. The van der Waals surface area contributed by atoms with Crippen LogP contribution in [-0.4, -0.2) is 16.6 Å². The zero-order valence-electron chi connectivity index (χ0n) is 21.0. The maximum Gasteiger partial charge on any atom is 0.114 e. The van der Waals surface area contributed by atoms with Gasteiger partial charge in [-0.05, 0) is 75.8 Å². The largest absolute Gasteiger partial charge is 0.341 e. The molecule has 1 aliphatic heterocycles. The minimum atomic E-state index is 0.878. The van der Waals surface area contributed by atoms with E-state index in [2.05, 4.69) is 139 Å². The quantitative estimate of drug-likeness (QED) is 0.253. The Hall–Kier alpha value is -4.63. The van der Waals surface area contributed by atoms with Crippen LogP contribution in [0, 0.1) is 0 Å². The summed E-state index contributed by atoms with van der Waals surface area (Å²) < 4.78 is 2.35. The van der Waals surface area contributed by atoms with E-state index in [0.717, 1.165) is 17.8 Å². The first-order valence-electron chi connectivity index (χ1n) is 12.9. The Morgan fingerprint density at radius 2 is 1.05 bits per heavy atom. The molecule has 7 rings (SSSR count). The van der Waals surface area contributed by atoms with Gasteiger partial charge < -0.3 is 4.90 Å². The molecule has 6 aromatic rings. The number of anilines is 2. The second-order valence-corrected chi connectivity index (χ2v) is 9.66. The Labute approximate surface area is 217 Å². The van der Waals surface area contributed by atoms with Crippen LogP contribution in [0.5, 0.6) is 0 Å². The van der Waals surface area contributed by atoms with Gasteiger partial charge in [0.1, 0.15) is 5.82 Å². The molecule has 5 aromatic carbocycles. The molecule has 0 N–H and O–H groups in total. The van der Waals surface area contributed by atoms with E-state index in [0.29, 0.717) is 0 Å². The van der Waals surface area contributed by atoms with Gasteiger partial charge in [-0.15, -0.1) is 0 Å². The number of aromatic nitrogens is 2. The molecule has 0 unspecified atom stereocenters. The van der Waals surface area contributed by atoms with Gasteiger partial charge in [-0.1, -0.05) is 79.7 Å². The van der Waals surface area contributed by atoms with E-state index in [1.165, 1.54) is 56.0 Å². The van der Waals surface area contributed by atoms with E-state index in [-0.39, 0.29) is 0 Å². The monoisotopic (exact) mass is 477 g/mol. The third-order valence-electron chi connectivity index (χ3n) is 7.44. The summed E-state index contributed by atoms with van der Waals surface area (Å²) in [6.45, 7) is 2.18. The molecule has 0 amide bonds. The highest BCUT2D eigenvalue weighted by molar-refractivity contribution is 6.01. The summed E-state index contributed by atoms with van der Waals surface area (Å²) in [4.78, 5) is 7.43. The van der Waals surface area contributed by atoms with Crippen LogP contribution in [0.25, 0.3) is 50.1 Å². The smallest absolute Gasteiger partial charge is 0.114 e. The van der Waals surface area contributed by atoms with E-state index in [4.69, 9.17) is 4.98 Å². The van der Waals surface area contributed by atoms with Crippen molar-refractivity contribution in [1.82, 2.24) is 9.55 Å². The molecule has 3 nitrogen and oxygen atoms in total. The molecule has 0 spiro atoms. The molecule has 0 saturated carbocycles. The van der Waals surface area contributed by atoms with E-state index >= 15 is 0 Å². The van der Waals surface area contributed by atoms with Crippen LogP contribution >= 0.6 is 0 Å². The van der Waals surface area contributed by atoms with Crippen molar-refractivity contribution in [2.75, 3.05) is 11.9 Å². The molecule has 37 heavy (non-hydrogen) atoms. The summed E-state index contributed by atoms with van der Waals surface area (Å²) in [6.07, 6.45) is 0.878. The molecule has 178 valence electrons. The average molecular weight is 478 g/mol. The Bertz CT molecular complexity index is 1710. The van der Waals surface area contributed by atoms with Crippen molar-refractivity contribution >= 4 is 22.4 Å². The standard InChI is InChI=1S/C34H27N3/c1-3-33-35-29-21-28(22-32-34(29)37(33)31-17-11-10-16-30(31)36(32)2)27-19-25(23-12-6-4-7-13-23)18-26(20-27)24-14-8-5-9-15-24/h4-22H,3H2,1-2H3. The van der Waals surface area contributed by atoms with Crippen molar-refractivity contribution in [3.63, 3.8) is 0 Å². The topological polar surface area (TPSA) is 21.1 Å². The second-order valence-electron chi connectivity index (χ2n) is 9.66. The Morgan fingerprint density at radius 3 is 1.65 bits per heavy atom. The van der Waals surface area contributed by atoms with Gasteiger partial charge in [0.2, 0.25) is 0 Å². The SMILES string of the molecule is CCc1nc2cc(-c3cc(-c4ccccc4)cc(-c4ccccc4)c3)cc3c2n1-c1ccccc1N3C. The summed E-state index contributed by atoms with van der Waals surface area (Å²) in [5, 5.41) is 0. The lowest BCUT2D eigenvalue weighted by molar-refractivity contribution is 0.897. The molecule has 3 heteroatoms. The number of rotatable bonds is 4. The van der Waals surface area contributed by atoms with Gasteiger partial charge in [-0.3, -0.25) is 4.57 Å². The first-order valence-corrected chi connectivity index (χ1v) is 12.9. The fourth-order valence-corrected chi connectivity index (χ4v) is 5.61. The van der Waals surface area contributed by atoms with Gasteiger partial charge in [0.15, 0.2) is 0 Å². The fourth-order valence-electron chi connectivity index (χ4n) is 5.61. The minimum Gasteiger partial charge on any atom is -0.341 e. The molecule has 0 saturated heterocycles. The lowest BCUT2D eigenvalue weighted by Gasteiger charge is -2.30. The molecule has 1 aliphatic rings. The van der Waals surface area contributed by atoms with Crippen LogP contribution in [0.4, 0.5) is 11.4 Å². The van der Waals surface area contributed by atoms with E-state index in [1.54, 1.807) is 0 Å². The lowest BCUT2D eigenvalue weighted by Crippen LogP contribution is -2.19. The van der Waals surface area contributed by atoms with Gasteiger partial charge >= 0.3 is 0 Å². The van der Waals surface area contributed by atoms with Crippen molar-refractivity contribution in [1.29, 1.82) is 0 Å². The molecular formula is C34H27N3. The number of fused-ring (bicyclic) bond motifs is 2. The molecule has 0 radical (unpaired) electrons. The molecule has 0 aliphatic carbocycles. The summed E-state index contributed by atoms with van der Waals surface area (Å²) in [5.41, 5.74) is 13.0. The van der Waals surface area contributed by atoms with Gasteiger partial charge in [0, 0.05) is 13.5 Å². The molecule has 0 bridgehead atoms. The van der Waals surface area contributed by atoms with Gasteiger partial charge in [0.05, 0.1) is 28.1 Å². The number of benzene rings is 5. The minimum absolute atomic E-state index is 0.878. The van der Waals surface area contributed by atoms with Crippen molar-refractivity contribution in [3.05, 3.63) is 121 Å². The Kier molecular flexibility index (Phi) is 4.97. The number of hydrogen-bond donors (Lipinski definition) is 0. The normalized spacial score (nSPS) is 12.1. The van der Waals surface area contributed by atoms with Gasteiger partial charge in [-0.25, -0.2) is 4.98 Å². The predicted molar refractivity (Wildman–Crippen MR) is 155 cm³/mol. The Morgan fingerprint density at radius 1 is 0.541 bits per heavy atom. The molecule has 2 heterocycles. The van der Waals surface area contributed by atoms with Crippen LogP contribution in [0.3, 0.4) is 0 Å². The van der Waals surface area contributed by atoms with E-state index in [9.17, 15) is 0 Å². The molecule has 0 atom stereocenters. The zero-order valence-corrected chi connectivity index (χ0v) is 21.0. The van der Waals surface area contributed by atoms with Crippen molar-refractivity contribution in [3.8, 4) is 39.1 Å². The van der Waals surface area contributed by atoms with E-state index in [1.807, 2.05) is 0 Å². The Balaban J connectivity index is 1.49. The maximum atomic E-state index is 5.12. The van der Waals surface area contributed by atoms with E-state index < -0.39 is 0 Å². The van der Waals surface area contributed by atoms with Gasteiger partial charge in [0.25, 0.3) is 0 Å². The number of nitrogens with zero attached hydrogens (tertiary/aromatic N) is 3. The van der Waals surface area contributed by atoms with Crippen molar-refractivity contribution in [2.24, 2.45) is 0 Å². The molecule has 1 aromatic heterocycles. The number of para-hydroxylation sites is 2. The van der Waals surface area contributed by atoms with Crippen LogP contribution in [0.2, 0.25) is 0 Å². The van der Waals surface area contributed by atoms with Gasteiger partial charge in [-0.2, -0.15) is 0 Å². The molecular weight excluding hydrogens is 450 g/mol.